The number of methoxy groups -OCH3 is 1. The molecule has 108 valence electrons. The van der Waals surface area contributed by atoms with Crippen LogP contribution in [0.1, 0.15) is 22.8 Å². The third kappa shape index (κ3) is 3.66. The maximum atomic E-state index is 11.4. The molecule has 1 heterocycles. The lowest BCUT2D eigenvalue weighted by molar-refractivity contribution is -0.137. The van der Waals surface area contributed by atoms with Gasteiger partial charge in [0.2, 0.25) is 0 Å². The average molecular weight is 285 g/mol. The molecule has 2 aromatic rings. The van der Waals surface area contributed by atoms with Crippen molar-refractivity contribution in [2.75, 3.05) is 13.7 Å². The van der Waals surface area contributed by atoms with Gasteiger partial charge in [0.25, 0.3) is 0 Å². The van der Waals surface area contributed by atoms with E-state index in [2.05, 4.69) is 9.72 Å². The summed E-state index contributed by atoms with van der Waals surface area (Å²) in [4.78, 5) is 26.9. The Hall–Kier alpha value is -2.69. The Balaban J connectivity index is 2.26. The van der Waals surface area contributed by atoms with Gasteiger partial charge in [0.05, 0.1) is 24.8 Å². The fraction of sp³-hybridized carbons (Fsp3) is 0.188. The Kier molecular flexibility index (Phi) is 4.66. The molecule has 5 nitrogen and oxygen atoms in total. The van der Waals surface area contributed by atoms with Crippen molar-refractivity contribution < 1.29 is 19.1 Å². The highest BCUT2D eigenvalue weighted by atomic mass is 16.5. The molecule has 0 aliphatic heterocycles. The molecule has 0 atom stereocenters. The molecule has 0 aliphatic carbocycles. The van der Waals surface area contributed by atoms with Crippen molar-refractivity contribution in [2.24, 2.45) is 0 Å². The van der Waals surface area contributed by atoms with E-state index in [1.807, 2.05) is 18.2 Å². The van der Waals surface area contributed by atoms with Gasteiger partial charge in [-0.2, -0.15) is 0 Å². The minimum atomic E-state index is -0.421. The first kappa shape index (κ1) is 14.7. The van der Waals surface area contributed by atoms with Crippen molar-refractivity contribution >= 4 is 28.9 Å². The second kappa shape index (κ2) is 6.65. The molecule has 0 fully saturated rings. The number of hydrogen-bond acceptors (Lipinski definition) is 5. The summed E-state index contributed by atoms with van der Waals surface area (Å²) in [5.74, 6) is -0.803. The normalized spacial score (nSPS) is 10.8. The van der Waals surface area contributed by atoms with Gasteiger partial charge in [-0.1, -0.05) is 12.1 Å². The van der Waals surface area contributed by atoms with Crippen molar-refractivity contribution in [3.05, 3.63) is 47.7 Å². The lowest BCUT2D eigenvalue weighted by atomic mass is 10.1. The zero-order chi connectivity index (χ0) is 15.2. The van der Waals surface area contributed by atoms with Crippen LogP contribution in [-0.2, 0) is 14.3 Å². The highest BCUT2D eigenvalue weighted by Crippen LogP contribution is 2.17. The number of pyridine rings is 1. The number of hydrogen-bond donors (Lipinski definition) is 0. The zero-order valence-corrected chi connectivity index (χ0v) is 11.8. The summed E-state index contributed by atoms with van der Waals surface area (Å²) in [6.45, 7) is 2.10. The summed E-state index contributed by atoms with van der Waals surface area (Å²) in [7, 11) is 1.33. The van der Waals surface area contributed by atoms with Crippen molar-refractivity contribution in [3.63, 3.8) is 0 Å². The predicted octanol–water partition coefficient (Wildman–Crippen LogP) is 2.60. The highest BCUT2D eigenvalue weighted by molar-refractivity contribution is 5.94. The molecule has 0 bridgehead atoms. The molecule has 0 spiro atoms. The Morgan fingerprint density at radius 2 is 2.10 bits per heavy atom. The minimum absolute atomic E-state index is 0.346. The zero-order valence-electron chi connectivity index (χ0n) is 11.8. The summed E-state index contributed by atoms with van der Waals surface area (Å²) in [5, 5.41) is 0.825. The molecule has 21 heavy (non-hydrogen) atoms. The Morgan fingerprint density at radius 1 is 1.29 bits per heavy atom. The van der Waals surface area contributed by atoms with E-state index in [-0.39, 0.29) is 5.97 Å². The van der Waals surface area contributed by atoms with Gasteiger partial charge >= 0.3 is 11.9 Å². The van der Waals surface area contributed by atoms with E-state index >= 15 is 0 Å². The van der Waals surface area contributed by atoms with Crippen LogP contribution in [0.3, 0.4) is 0 Å². The maximum absolute atomic E-state index is 11.4. The molecule has 1 aromatic heterocycles. The number of nitrogens with zero attached hydrogens (tertiary/aromatic N) is 1. The largest absolute Gasteiger partial charge is 0.465 e. The van der Waals surface area contributed by atoms with E-state index in [0.29, 0.717) is 12.2 Å². The molecular weight excluding hydrogens is 270 g/mol. The molecule has 2 rings (SSSR count). The number of fused-ring (bicyclic) bond motifs is 1. The van der Waals surface area contributed by atoms with Gasteiger partial charge in [-0.3, -0.25) is 4.98 Å². The van der Waals surface area contributed by atoms with Crippen molar-refractivity contribution in [2.45, 2.75) is 6.92 Å². The third-order valence-electron chi connectivity index (χ3n) is 2.83. The molecule has 5 heteroatoms. The van der Waals surface area contributed by atoms with Gasteiger partial charge in [-0.15, -0.1) is 0 Å². The van der Waals surface area contributed by atoms with Crippen LogP contribution >= 0.6 is 0 Å². The smallest absolute Gasteiger partial charge is 0.339 e. The lowest BCUT2D eigenvalue weighted by Gasteiger charge is -2.02. The van der Waals surface area contributed by atoms with Crippen molar-refractivity contribution in [1.82, 2.24) is 4.98 Å². The van der Waals surface area contributed by atoms with Crippen LogP contribution in [0.15, 0.2) is 36.5 Å². The van der Waals surface area contributed by atoms with Crippen LogP contribution in [-0.4, -0.2) is 30.6 Å². The second-order valence-corrected chi connectivity index (χ2v) is 4.25. The minimum Gasteiger partial charge on any atom is -0.465 e. The van der Waals surface area contributed by atoms with E-state index < -0.39 is 5.97 Å². The van der Waals surface area contributed by atoms with Crippen molar-refractivity contribution in [3.8, 4) is 0 Å². The molecule has 0 radical (unpaired) electrons. The summed E-state index contributed by atoms with van der Waals surface area (Å²) < 4.78 is 9.47. The average Bonchev–Trinajstić information content (AvgIpc) is 2.51. The van der Waals surface area contributed by atoms with Crippen LogP contribution in [0, 0.1) is 0 Å². The lowest BCUT2D eigenvalue weighted by Crippen LogP contribution is -2.01. The topological polar surface area (TPSA) is 65.5 Å². The highest BCUT2D eigenvalue weighted by Gasteiger charge is 2.07. The number of rotatable bonds is 4. The van der Waals surface area contributed by atoms with Gasteiger partial charge in [0.15, 0.2) is 0 Å². The molecule has 1 aromatic carbocycles. The van der Waals surface area contributed by atoms with E-state index in [0.717, 1.165) is 16.5 Å². The van der Waals surface area contributed by atoms with Gasteiger partial charge in [-0.05, 0) is 30.7 Å². The number of ether oxygens (including phenoxy) is 2. The Morgan fingerprint density at radius 3 is 2.81 bits per heavy atom. The van der Waals surface area contributed by atoms with E-state index in [1.165, 1.54) is 19.4 Å². The van der Waals surface area contributed by atoms with Crippen LogP contribution in [0.4, 0.5) is 0 Å². The molecule has 0 amide bonds. The van der Waals surface area contributed by atoms with Gasteiger partial charge in [-0.25, -0.2) is 9.59 Å². The Labute approximate surface area is 122 Å². The fourth-order valence-corrected chi connectivity index (χ4v) is 1.83. The van der Waals surface area contributed by atoms with Crippen LogP contribution in [0.2, 0.25) is 0 Å². The van der Waals surface area contributed by atoms with E-state index in [4.69, 9.17) is 4.74 Å². The van der Waals surface area contributed by atoms with Crippen LogP contribution < -0.4 is 0 Å². The number of benzene rings is 1. The quantitative estimate of drug-likeness (QED) is 0.638. The molecule has 0 unspecified atom stereocenters. The monoisotopic (exact) mass is 285 g/mol. The number of carbonyl (C=O) groups excluding carboxylic acids is 2. The number of carbonyl (C=O) groups is 2. The standard InChI is InChI=1S/C16H15NO4/c1-3-21-15(18)7-5-11-4-6-12-9-13(16(19)20-2)10-17-14(12)8-11/h4-10H,3H2,1-2H3/b7-5+. The van der Waals surface area contributed by atoms with Crippen LogP contribution in [0.25, 0.3) is 17.0 Å². The second-order valence-electron chi connectivity index (χ2n) is 4.25. The molecule has 0 saturated heterocycles. The van der Waals surface area contributed by atoms with Crippen LogP contribution in [0.5, 0.6) is 0 Å². The summed E-state index contributed by atoms with van der Waals surface area (Å²) in [5.41, 5.74) is 1.96. The van der Waals surface area contributed by atoms with E-state index in [1.54, 1.807) is 19.1 Å². The SMILES string of the molecule is CCOC(=O)/C=C/c1ccc2cc(C(=O)OC)cnc2c1. The van der Waals surface area contributed by atoms with Crippen molar-refractivity contribution in [1.29, 1.82) is 0 Å². The number of aromatic nitrogens is 1. The van der Waals surface area contributed by atoms with E-state index in [9.17, 15) is 9.59 Å². The molecule has 0 saturated carbocycles. The first-order valence-electron chi connectivity index (χ1n) is 6.47. The fourth-order valence-electron chi connectivity index (χ4n) is 1.83. The van der Waals surface area contributed by atoms with Gasteiger partial charge in [0.1, 0.15) is 0 Å². The molecule has 0 N–H and O–H groups in total. The summed E-state index contributed by atoms with van der Waals surface area (Å²) in [6.07, 6.45) is 4.49. The molecular formula is C16H15NO4. The first-order valence-corrected chi connectivity index (χ1v) is 6.47. The van der Waals surface area contributed by atoms with Gasteiger partial charge < -0.3 is 9.47 Å². The Bertz CT molecular complexity index is 706. The molecule has 0 aliphatic rings. The third-order valence-corrected chi connectivity index (χ3v) is 2.83. The summed E-state index contributed by atoms with van der Waals surface area (Å²) >= 11 is 0. The first-order chi connectivity index (χ1) is 10.1. The maximum Gasteiger partial charge on any atom is 0.339 e. The summed E-state index contributed by atoms with van der Waals surface area (Å²) in [6, 6.07) is 7.21. The number of esters is 2. The van der Waals surface area contributed by atoms with Gasteiger partial charge in [0, 0.05) is 17.7 Å². The predicted molar refractivity (Wildman–Crippen MR) is 78.7 cm³/mol.